The first kappa shape index (κ1) is 58.1. The zero-order chi connectivity index (χ0) is 49.0. The van der Waals surface area contributed by atoms with Gasteiger partial charge < -0.3 is 14.4 Å². The van der Waals surface area contributed by atoms with Gasteiger partial charge in [-0.2, -0.15) is 0 Å². The summed E-state index contributed by atoms with van der Waals surface area (Å²) >= 11 is 3.08. The van der Waals surface area contributed by atoms with Crippen LogP contribution in [-0.2, 0) is 35.4 Å². The largest absolute Gasteiger partial charge is 0.497 e. The standard InChI is InChI=1S/C27H39NO4S.C27H4.H3NO4S.12H2/c1-6-8-16-27(20-29,17-9-7-2)21-33(30,31)26-15-12-24(28(3)4)19-23(26)18-22-10-13-25(32-5)14-11-22;1-3-5-7-9-11-13-15-17-19-21-23-25-27-26-24-22-20-18-16-14-12-10-8-6-4-2;2-3-1-4-5-6;;;;;;;;;;;;/h10-15,19-20H,6-9,16-18,21H2,1-5H3;1H,2H3;1-2,6H;12*1H. The Bertz CT molecular complexity index is 2900. The van der Waals surface area contributed by atoms with E-state index in [1.807, 2.05) is 55.4 Å². The van der Waals surface area contributed by atoms with Crippen LogP contribution in [0.15, 0.2) is 47.4 Å². The quantitative estimate of drug-likeness (QED) is 0.0270. The summed E-state index contributed by atoms with van der Waals surface area (Å²) < 4.78 is 36.3. The Balaban J connectivity index is -0.0000000789. The van der Waals surface area contributed by atoms with E-state index in [2.05, 4.69) is 189 Å². The van der Waals surface area contributed by atoms with Gasteiger partial charge in [0.1, 0.15) is 12.0 Å². The van der Waals surface area contributed by atoms with Gasteiger partial charge in [-0.25, -0.2) is 13.7 Å². The molecule has 0 aliphatic heterocycles. The van der Waals surface area contributed by atoms with Crippen molar-refractivity contribution in [2.45, 2.75) is 70.6 Å². The molecule has 66 heavy (non-hydrogen) atoms. The summed E-state index contributed by atoms with van der Waals surface area (Å²) in [6.07, 6.45) is 11.1. The van der Waals surface area contributed by atoms with Crippen molar-refractivity contribution in [3.63, 3.8) is 0 Å². The van der Waals surface area contributed by atoms with Crippen LogP contribution in [0, 0.1) is 160 Å². The van der Waals surface area contributed by atoms with Crippen molar-refractivity contribution in [3.05, 3.63) is 53.6 Å². The molecule has 356 valence electrons. The zero-order valence-corrected chi connectivity index (χ0v) is 39.2. The molecular formula is C54H70N2O8S2. The first-order chi connectivity index (χ1) is 32.0. The Labute approximate surface area is 415 Å². The van der Waals surface area contributed by atoms with Crippen molar-refractivity contribution in [2.24, 2.45) is 5.41 Å². The fourth-order valence-corrected chi connectivity index (χ4v) is 7.07. The molecule has 10 nitrogen and oxygen atoms in total. The Morgan fingerprint density at radius 3 is 1.52 bits per heavy atom. The van der Waals surface area contributed by atoms with Crippen molar-refractivity contribution in [1.29, 1.82) is 0 Å². The van der Waals surface area contributed by atoms with E-state index in [9.17, 15) is 13.2 Å². The minimum Gasteiger partial charge on any atom is -0.497 e. The number of hydrogen-bond donors (Lipinski definition) is 3. The molecule has 0 fully saturated rings. The van der Waals surface area contributed by atoms with Gasteiger partial charge in [0.15, 0.2) is 9.84 Å². The number of benzene rings is 2. The molecule has 0 heterocycles. The number of thiol groups is 1. The van der Waals surface area contributed by atoms with Gasteiger partial charge in [0, 0.05) is 103 Å². The number of rotatable bonds is 17. The molecule has 0 bridgehead atoms. The zero-order valence-electron chi connectivity index (χ0n) is 37.5. The molecule has 0 aromatic heterocycles. The van der Waals surface area contributed by atoms with E-state index in [4.69, 9.17) is 16.4 Å². The van der Waals surface area contributed by atoms with Crippen LogP contribution in [0.4, 0.5) is 5.69 Å². The fourth-order valence-electron chi connectivity index (χ4n) is 4.97. The highest BCUT2D eigenvalue weighted by molar-refractivity contribution is 7.91. The second-order valence-corrected chi connectivity index (χ2v) is 14.9. The minimum atomic E-state index is -3.67. The second kappa shape index (κ2) is 38.7. The molecule has 0 atom stereocenters. The van der Waals surface area contributed by atoms with Crippen molar-refractivity contribution in [3.8, 4) is 160 Å². The van der Waals surface area contributed by atoms with Gasteiger partial charge in [-0.15, -0.1) is 20.7 Å². The molecule has 2 aromatic carbocycles. The smallest absolute Gasteiger partial charge is 0.179 e. The third-order valence-corrected chi connectivity index (χ3v) is 10.0. The number of carbonyl (C=O) groups excluding carboxylic acids is 1. The van der Waals surface area contributed by atoms with E-state index < -0.39 is 15.3 Å². The lowest BCUT2D eigenvalue weighted by atomic mass is 9.81. The molecule has 12 heteroatoms. The summed E-state index contributed by atoms with van der Waals surface area (Å²) in [5.41, 5.74) is 3.31. The van der Waals surface area contributed by atoms with Crippen LogP contribution >= 0.6 is 12.9 Å². The Hall–Kier alpha value is -7.91. The predicted molar refractivity (Wildman–Crippen MR) is 287 cm³/mol. The summed E-state index contributed by atoms with van der Waals surface area (Å²) in [7, 11) is 1.83. The van der Waals surface area contributed by atoms with E-state index in [0.29, 0.717) is 24.2 Å². The summed E-state index contributed by atoms with van der Waals surface area (Å²) in [5, 5.41) is 7.35. The number of methoxy groups -OCH3 is 1. The number of nitrogens with one attached hydrogen (secondary N) is 1. The lowest BCUT2D eigenvalue weighted by molar-refractivity contribution is -0.437. The van der Waals surface area contributed by atoms with E-state index >= 15 is 0 Å². The van der Waals surface area contributed by atoms with E-state index in [0.717, 1.165) is 54.5 Å². The van der Waals surface area contributed by atoms with Crippen molar-refractivity contribution in [1.82, 2.24) is 5.64 Å². The maximum absolute atomic E-state index is 13.7. The summed E-state index contributed by atoms with van der Waals surface area (Å²) in [6.45, 7) is 5.83. The molecule has 0 radical (unpaired) electrons. The monoisotopic (exact) mass is 938 g/mol. The van der Waals surface area contributed by atoms with E-state index in [1.165, 1.54) is 5.64 Å². The third-order valence-electron chi connectivity index (χ3n) is 7.91. The highest BCUT2D eigenvalue weighted by atomic mass is 32.2. The lowest BCUT2D eigenvalue weighted by Gasteiger charge is -2.28. The normalized spacial score (nSPS) is 8.35. The number of terminal acetylenes is 1. The maximum Gasteiger partial charge on any atom is 0.179 e. The molecule has 0 spiro atoms. The third kappa shape index (κ3) is 28.6. The molecule has 2 N–H and O–H groups in total. The van der Waals surface area contributed by atoms with Crippen LogP contribution in [0.3, 0.4) is 0 Å². The van der Waals surface area contributed by atoms with Crippen LogP contribution in [0.2, 0.25) is 0 Å². The van der Waals surface area contributed by atoms with Crippen LogP contribution in [0.25, 0.3) is 0 Å². The van der Waals surface area contributed by atoms with Crippen LogP contribution in [0.5, 0.6) is 5.75 Å². The summed E-state index contributed by atoms with van der Waals surface area (Å²) in [4.78, 5) is 21.3. The number of unbranched alkanes of at least 4 members (excludes halogenated alkanes) is 2. The first-order valence-electron chi connectivity index (χ1n) is 19.6. The van der Waals surface area contributed by atoms with E-state index in [1.54, 1.807) is 20.1 Å². The second-order valence-electron chi connectivity index (χ2n) is 12.8. The maximum atomic E-state index is 13.7. The van der Waals surface area contributed by atoms with Crippen molar-refractivity contribution in [2.75, 3.05) is 31.9 Å². The number of sulfone groups is 1. The highest BCUT2D eigenvalue weighted by Gasteiger charge is 2.36. The Kier molecular flexibility index (Phi) is 34.1. The average molecular weight is 939 g/mol. The molecule has 0 amide bonds. The number of nitrogens with zero attached hydrogens (tertiary/aromatic N) is 1. The van der Waals surface area contributed by atoms with Crippen molar-refractivity contribution < 1.29 is 54.6 Å². The van der Waals surface area contributed by atoms with Crippen LogP contribution < -0.4 is 15.3 Å². The number of hydrogen-bond acceptors (Lipinski definition) is 11. The number of ether oxygens (including phenoxy) is 1. The average Bonchev–Trinajstić information content (AvgIpc) is 3.32. The predicted octanol–water partition coefficient (Wildman–Crippen LogP) is 9.01. The molecule has 0 aliphatic carbocycles. The van der Waals surface area contributed by atoms with Gasteiger partial charge in [0.2, 0.25) is 0 Å². The molecule has 0 saturated heterocycles. The minimum absolute atomic E-state index is 0. The molecule has 0 unspecified atom stereocenters. The van der Waals surface area contributed by atoms with Crippen molar-refractivity contribution >= 4 is 34.7 Å². The van der Waals surface area contributed by atoms with Crippen LogP contribution in [-0.4, -0.2) is 46.9 Å². The molecule has 2 rings (SSSR count). The van der Waals surface area contributed by atoms with Gasteiger partial charge in [-0.3, -0.25) is 0 Å². The summed E-state index contributed by atoms with van der Waals surface area (Å²) in [6, 6.07) is 13.2. The van der Waals surface area contributed by atoms with Crippen LogP contribution in [0.1, 0.15) is 87.5 Å². The number of aldehydes is 1. The summed E-state index contributed by atoms with van der Waals surface area (Å²) in [5.74, 6) is 62.5. The van der Waals surface area contributed by atoms with Gasteiger partial charge in [-0.05, 0) is 168 Å². The Morgan fingerprint density at radius 2 is 1.18 bits per heavy atom. The number of anilines is 1. The molecular weight excluding hydrogens is 869 g/mol. The van der Waals surface area contributed by atoms with Gasteiger partial charge in [0.25, 0.3) is 0 Å². The van der Waals surface area contributed by atoms with Gasteiger partial charge >= 0.3 is 0 Å². The molecule has 0 aliphatic rings. The molecule has 0 saturated carbocycles. The highest BCUT2D eigenvalue weighted by Crippen LogP contribution is 2.35. The fraction of sp³-hybridized carbons (Fsp3) is 0.278. The Morgan fingerprint density at radius 1 is 0.742 bits per heavy atom. The molecule has 2 aromatic rings. The number of carbonyl (C=O) groups is 1. The lowest BCUT2D eigenvalue weighted by Crippen LogP contribution is -2.32. The van der Waals surface area contributed by atoms with E-state index in [-0.39, 0.29) is 22.9 Å². The van der Waals surface area contributed by atoms with Gasteiger partial charge in [-0.1, -0.05) is 57.6 Å². The first-order valence-corrected chi connectivity index (χ1v) is 21.6. The SMILES string of the molecule is C#CC#CC#CC#CC#CC#CC#CC#CC#CC#CC#CC#CC#CC.CCCCC(C=O)(CCCC)CS(=O)(=O)c1ccc(N(C)C)cc1Cc1ccc(OC)cc1.OONOOS.[HH].[HH].[HH].[HH].[HH].[HH].[HH].[HH].[HH].[HH].[HH].[HH]. The topological polar surface area (TPSA) is 124 Å². The van der Waals surface area contributed by atoms with Gasteiger partial charge in [0.05, 0.1) is 17.8 Å².